The van der Waals surface area contributed by atoms with Gasteiger partial charge in [-0.15, -0.1) is 0 Å². The van der Waals surface area contributed by atoms with Crippen molar-refractivity contribution in [2.75, 3.05) is 26.2 Å². The van der Waals surface area contributed by atoms with Crippen LogP contribution in [0.4, 0.5) is 5.69 Å². The van der Waals surface area contributed by atoms with Crippen LogP contribution in [0.3, 0.4) is 0 Å². The van der Waals surface area contributed by atoms with Gasteiger partial charge in [-0.25, -0.2) is 8.42 Å². The van der Waals surface area contributed by atoms with E-state index >= 15 is 0 Å². The number of piperidine rings is 1. The Kier molecular flexibility index (Phi) is 5.95. The van der Waals surface area contributed by atoms with Gasteiger partial charge in [-0.3, -0.25) is 10.1 Å². The molecule has 1 fully saturated rings. The molecule has 1 saturated heterocycles. The van der Waals surface area contributed by atoms with Crippen molar-refractivity contribution in [3.8, 4) is 0 Å². The van der Waals surface area contributed by atoms with Gasteiger partial charge in [0.25, 0.3) is 5.69 Å². The monoisotopic (exact) mass is 355 g/mol. The molecule has 0 bridgehead atoms. The van der Waals surface area contributed by atoms with Crippen LogP contribution < -0.4 is 5.32 Å². The SMILES string of the molecule is CCNCC1CCN(S(=O)(=O)c2cc(C)c(C)cc2[N+](=O)[O-])CC1. The summed E-state index contributed by atoms with van der Waals surface area (Å²) in [5.41, 5.74) is 1.11. The van der Waals surface area contributed by atoms with Gasteiger partial charge >= 0.3 is 0 Å². The summed E-state index contributed by atoms with van der Waals surface area (Å²) >= 11 is 0. The minimum absolute atomic E-state index is 0.194. The van der Waals surface area contributed by atoms with E-state index in [-0.39, 0.29) is 10.6 Å². The summed E-state index contributed by atoms with van der Waals surface area (Å²) in [6.07, 6.45) is 1.54. The summed E-state index contributed by atoms with van der Waals surface area (Å²) in [4.78, 5) is 10.5. The number of benzene rings is 1. The van der Waals surface area contributed by atoms with Crippen LogP contribution in [-0.4, -0.2) is 43.8 Å². The van der Waals surface area contributed by atoms with E-state index in [4.69, 9.17) is 0 Å². The van der Waals surface area contributed by atoms with Gasteiger partial charge in [0.15, 0.2) is 4.90 Å². The van der Waals surface area contributed by atoms with E-state index in [1.165, 1.54) is 16.4 Å². The van der Waals surface area contributed by atoms with E-state index in [1.807, 2.05) is 6.92 Å². The number of nitrogens with zero attached hydrogens (tertiary/aromatic N) is 2. The first kappa shape index (κ1) is 18.8. The van der Waals surface area contributed by atoms with Gasteiger partial charge in [0.2, 0.25) is 10.0 Å². The lowest BCUT2D eigenvalue weighted by molar-refractivity contribution is -0.387. The van der Waals surface area contributed by atoms with Crippen molar-refractivity contribution in [1.82, 2.24) is 9.62 Å². The third kappa shape index (κ3) is 3.93. The summed E-state index contributed by atoms with van der Waals surface area (Å²) in [7, 11) is -3.85. The molecular formula is C16H25N3O4S. The predicted octanol–water partition coefficient (Wildman–Crippen LogP) is 2.22. The molecular weight excluding hydrogens is 330 g/mol. The number of nitro benzene ring substituents is 1. The summed E-state index contributed by atoms with van der Waals surface area (Å²) in [5.74, 6) is 0.450. The van der Waals surface area contributed by atoms with Crippen molar-refractivity contribution in [1.29, 1.82) is 0 Å². The van der Waals surface area contributed by atoms with E-state index in [0.29, 0.717) is 24.6 Å². The van der Waals surface area contributed by atoms with Crippen molar-refractivity contribution in [3.05, 3.63) is 33.4 Å². The number of hydrogen-bond donors (Lipinski definition) is 1. The Morgan fingerprint density at radius 1 is 1.25 bits per heavy atom. The molecule has 1 aromatic carbocycles. The highest BCUT2D eigenvalue weighted by Crippen LogP contribution is 2.31. The summed E-state index contributed by atoms with van der Waals surface area (Å²) in [6, 6.07) is 2.77. The van der Waals surface area contributed by atoms with Gasteiger partial charge in [-0.2, -0.15) is 4.31 Å². The number of hydrogen-bond acceptors (Lipinski definition) is 5. The van der Waals surface area contributed by atoms with E-state index in [1.54, 1.807) is 13.8 Å². The fourth-order valence-corrected chi connectivity index (χ4v) is 4.66. The van der Waals surface area contributed by atoms with Crippen LogP contribution in [-0.2, 0) is 10.0 Å². The molecule has 24 heavy (non-hydrogen) atoms. The van der Waals surface area contributed by atoms with Crippen LogP contribution in [0.5, 0.6) is 0 Å². The zero-order valence-corrected chi connectivity index (χ0v) is 15.2. The quantitative estimate of drug-likeness (QED) is 0.624. The van der Waals surface area contributed by atoms with Gasteiger partial charge in [0.05, 0.1) is 4.92 Å². The molecule has 0 aliphatic carbocycles. The minimum Gasteiger partial charge on any atom is -0.317 e. The maximum Gasteiger partial charge on any atom is 0.289 e. The van der Waals surface area contributed by atoms with Gasteiger partial charge in [0, 0.05) is 19.2 Å². The fourth-order valence-electron chi connectivity index (χ4n) is 2.97. The second kappa shape index (κ2) is 7.58. The van der Waals surface area contributed by atoms with Gasteiger partial charge < -0.3 is 5.32 Å². The molecule has 0 aromatic heterocycles. The predicted molar refractivity (Wildman–Crippen MR) is 92.6 cm³/mol. The van der Waals surface area contributed by atoms with Gasteiger partial charge in [-0.05, 0) is 62.9 Å². The Morgan fingerprint density at radius 3 is 2.38 bits per heavy atom. The summed E-state index contributed by atoms with van der Waals surface area (Å²) in [5, 5.41) is 14.6. The number of aryl methyl sites for hydroxylation is 2. The third-order valence-corrected chi connectivity index (χ3v) is 6.57. The average molecular weight is 355 g/mol. The highest BCUT2D eigenvalue weighted by molar-refractivity contribution is 7.89. The fraction of sp³-hybridized carbons (Fsp3) is 0.625. The van der Waals surface area contributed by atoms with E-state index in [2.05, 4.69) is 5.32 Å². The number of rotatable bonds is 6. The molecule has 1 aliphatic heterocycles. The number of sulfonamides is 1. The molecule has 0 radical (unpaired) electrons. The molecule has 1 aliphatic rings. The maximum absolute atomic E-state index is 12.9. The van der Waals surface area contributed by atoms with Crippen molar-refractivity contribution < 1.29 is 13.3 Å². The second-order valence-electron chi connectivity index (χ2n) is 6.32. The molecule has 0 amide bonds. The van der Waals surface area contributed by atoms with Crippen molar-refractivity contribution in [3.63, 3.8) is 0 Å². The second-order valence-corrected chi connectivity index (χ2v) is 8.22. The molecule has 1 heterocycles. The largest absolute Gasteiger partial charge is 0.317 e. The first-order chi connectivity index (χ1) is 11.3. The van der Waals surface area contributed by atoms with Crippen LogP contribution in [0.1, 0.15) is 30.9 Å². The van der Waals surface area contributed by atoms with E-state index < -0.39 is 14.9 Å². The Morgan fingerprint density at radius 2 is 1.83 bits per heavy atom. The highest BCUT2D eigenvalue weighted by atomic mass is 32.2. The first-order valence-corrected chi connectivity index (χ1v) is 9.67. The Balaban J connectivity index is 2.26. The van der Waals surface area contributed by atoms with E-state index in [9.17, 15) is 18.5 Å². The molecule has 1 N–H and O–H groups in total. The molecule has 1 aromatic rings. The Labute approximate surface area is 143 Å². The lowest BCUT2D eigenvalue weighted by atomic mass is 9.98. The molecule has 0 atom stereocenters. The zero-order valence-electron chi connectivity index (χ0n) is 14.4. The normalized spacial score (nSPS) is 17.1. The number of nitrogens with one attached hydrogen (secondary N) is 1. The van der Waals surface area contributed by atoms with Crippen LogP contribution in [0.25, 0.3) is 0 Å². The minimum atomic E-state index is -3.85. The van der Waals surface area contributed by atoms with E-state index in [0.717, 1.165) is 31.5 Å². The molecule has 0 spiro atoms. The Hall–Kier alpha value is -1.51. The smallest absolute Gasteiger partial charge is 0.289 e. The molecule has 8 heteroatoms. The van der Waals surface area contributed by atoms with Crippen LogP contribution in [0.15, 0.2) is 17.0 Å². The van der Waals surface area contributed by atoms with Crippen molar-refractivity contribution >= 4 is 15.7 Å². The topological polar surface area (TPSA) is 92.6 Å². The van der Waals surface area contributed by atoms with Crippen molar-refractivity contribution in [2.24, 2.45) is 5.92 Å². The average Bonchev–Trinajstić information content (AvgIpc) is 2.55. The molecule has 0 saturated carbocycles. The highest BCUT2D eigenvalue weighted by Gasteiger charge is 2.34. The van der Waals surface area contributed by atoms with Gasteiger partial charge in [-0.1, -0.05) is 6.92 Å². The number of nitro groups is 1. The summed E-state index contributed by atoms with van der Waals surface area (Å²) in [6.45, 7) is 8.14. The summed E-state index contributed by atoms with van der Waals surface area (Å²) < 4.78 is 27.2. The van der Waals surface area contributed by atoms with Gasteiger partial charge in [0.1, 0.15) is 0 Å². The molecule has 134 valence electrons. The molecule has 7 nitrogen and oxygen atoms in total. The lowest BCUT2D eigenvalue weighted by Gasteiger charge is -2.31. The zero-order chi connectivity index (χ0) is 17.9. The molecule has 2 rings (SSSR count). The standard InChI is InChI=1S/C16H25N3O4S/c1-4-17-11-14-5-7-18(8-6-14)24(22,23)16-10-13(3)12(2)9-15(16)19(20)21/h9-10,14,17H,4-8,11H2,1-3H3. The lowest BCUT2D eigenvalue weighted by Crippen LogP contribution is -2.40. The maximum atomic E-state index is 12.9. The van der Waals surface area contributed by atoms with Crippen molar-refractivity contribution in [2.45, 2.75) is 38.5 Å². The molecule has 0 unspecified atom stereocenters. The van der Waals surface area contributed by atoms with Crippen LogP contribution >= 0.6 is 0 Å². The Bertz CT molecular complexity index is 710. The third-order valence-electron chi connectivity index (χ3n) is 4.65. The van der Waals surface area contributed by atoms with Crippen LogP contribution in [0, 0.1) is 29.9 Å². The van der Waals surface area contributed by atoms with Crippen LogP contribution in [0.2, 0.25) is 0 Å². The first-order valence-electron chi connectivity index (χ1n) is 8.23.